The molecule has 0 heterocycles. The summed E-state index contributed by atoms with van der Waals surface area (Å²) in [6.45, 7) is 0. The van der Waals surface area contributed by atoms with Crippen molar-refractivity contribution in [2.75, 3.05) is 0 Å². The molecule has 0 saturated carbocycles. The van der Waals surface area contributed by atoms with Crippen LogP contribution in [0.1, 0.15) is 22.3 Å². The maximum atomic E-state index is 2.48. The first kappa shape index (κ1) is 28.9. The number of hydrogen-bond donors (Lipinski definition) is 0. The molecule has 2 aliphatic rings. The highest BCUT2D eigenvalue weighted by Crippen LogP contribution is 2.64. The van der Waals surface area contributed by atoms with Gasteiger partial charge in [0.1, 0.15) is 0 Å². The van der Waals surface area contributed by atoms with Gasteiger partial charge in [0.25, 0.3) is 0 Å². The van der Waals surface area contributed by atoms with Crippen molar-refractivity contribution in [2.24, 2.45) is 0 Å². The van der Waals surface area contributed by atoms with Crippen molar-refractivity contribution in [3.05, 3.63) is 216 Å². The van der Waals surface area contributed by atoms with Crippen LogP contribution in [0.5, 0.6) is 0 Å². The molecule has 12 rings (SSSR count). The highest BCUT2D eigenvalue weighted by atomic mass is 14.5. The molecule has 10 aromatic rings. The van der Waals surface area contributed by atoms with Gasteiger partial charge in [-0.1, -0.05) is 164 Å². The highest BCUT2D eigenvalue weighted by molar-refractivity contribution is 6.14. The van der Waals surface area contributed by atoms with Gasteiger partial charge >= 0.3 is 0 Å². The maximum Gasteiger partial charge on any atom is 0.0731 e. The molecule has 10 aromatic carbocycles. The molecule has 0 fully saturated rings. The first-order valence-corrected chi connectivity index (χ1v) is 18.6. The zero-order valence-electron chi connectivity index (χ0n) is 29.0. The average Bonchev–Trinajstić information content (AvgIpc) is 3.69. The van der Waals surface area contributed by atoms with Crippen LogP contribution in [0.3, 0.4) is 0 Å². The van der Waals surface area contributed by atoms with Crippen molar-refractivity contribution in [1.29, 1.82) is 0 Å². The predicted molar refractivity (Wildman–Crippen MR) is 224 cm³/mol. The van der Waals surface area contributed by atoms with Crippen molar-refractivity contribution in [3.63, 3.8) is 0 Å². The summed E-state index contributed by atoms with van der Waals surface area (Å²) in [5, 5.41) is 10.3. The van der Waals surface area contributed by atoms with Gasteiger partial charge in [-0.3, -0.25) is 0 Å². The Balaban J connectivity index is 1.09. The van der Waals surface area contributed by atoms with Crippen molar-refractivity contribution >= 4 is 43.1 Å². The lowest BCUT2D eigenvalue weighted by molar-refractivity contribution is 0.802. The lowest BCUT2D eigenvalue weighted by Crippen LogP contribution is -2.26. The van der Waals surface area contributed by atoms with E-state index in [9.17, 15) is 0 Å². The van der Waals surface area contributed by atoms with E-state index in [0.29, 0.717) is 0 Å². The van der Waals surface area contributed by atoms with E-state index in [4.69, 9.17) is 0 Å². The summed E-state index contributed by atoms with van der Waals surface area (Å²) < 4.78 is 0. The monoisotopic (exact) mass is 668 g/mol. The first-order chi connectivity index (χ1) is 26.3. The van der Waals surface area contributed by atoms with Crippen LogP contribution in [0, 0.1) is 0 Å². The second kappa shape index (κ2) is 10.6. The van der Waals surface area contributed by atoms with Gasteiger partial charge in [0.15, 0.2) is 0 Å². The summed E-state index contributed by atoms with van der Waals surface area (Å²) in [7, 11) is 0. The topological polar surface area (TPSA) is 0 Å². The Bertz CT molecular complexity index is 3130. The zero-order valence-corrected chi connectivity index (χ0v) is 29.0. The Labute approximate surface area is 308 Å². The molecule has 0 nitrogen and oxygen atoms in total. The lowest BCUT2D eigenvalue weighted by Gasteiger charge is -2.31. The summed E-state index contributed by atoms with van der Waals surface area (Å²) in [5.41, 5.74) is 15.4. The van der Waals surface area contributed by atoms with E-state index in [1.165, 1.54) is 110 Å². The minimum Gasteiger partial charge on any atom is -0.0619 e. The molecule has 0 radical (unpaired) electrons. The fraction of sp³-hybridized carbons (Fsp3) is 0.0189. The molecule has 0 aromatic heterocycles. The third-order valence-electron chi connectivity index (χ3n) is 12.2. The van der Waals surface area contributed by atoms with Crippen LogP contribution in [0.15, 0.2) is 194 Å². The molecular weight excluding hydrogens is 637 g/mol. The maximum absolute atomic E-state index is 2.48. The Morgan fingerprint density at radius 3 is 1.62 bits per heavy atom. The van der Waals surface area contributed by atoms with Crippen LogP contribution in [-0.4, -0.2) is 0 Å². The molecule has 0 amide bonds. The van der Waals surface area contributed by atoms with Crippen LogP contribution in [-0.2, 0) is 5.41 Å². The molecule has 2 aliphatic carbocycles. The van der Waals surface area contributed by atoms with Gasteiger partial charge < -0.3 is 0 Å². The van der Waals surface area contributed by atoms with E-state index >= 15 is 0 Å². The van der Waals surface area contributed by atoms with Gasteiger partial charge in [-0.15, -0.1) is 0 Å². The SMILES string of the molecule is c1cc(-c2ccc3c4c(ccc3c2)-c2cc3ccccc3cc2C42c3ccccc3-c3ccccc32)cc(-c2cc3ccccc3c3ccccc23)c1. The minimum atomic E-state index is -0.403. The van der Waals surface area contributed by atoms with E-state index in [2.05, 4.69) is 194 Å². The zero-order chi connectivity index (χ0) is 34.7. The van der Waals surface area contributed by atoms with Crippen molar-refractivity contribution in [3.8, 4) is 44.5 Å². The Hall–Kier alpha value is -6.76. The summed E-state index contributed by atoms with van der Waals surface area (Å²) in [6.07, 6.45) is 0. The van der Waals surface area contributed by atoms with Crippen molar-refractivity contribution in [2.45, 2.75) is 5.41 Å². The molecular formula is C53H32. The quantitative estimate of drug-likeness (QED) is 0.161. The third kappa shape index (κ3) is 3.85. The molecule has 0 saturated heterocycles. The fourth-order valence-corrected chi connectivity index (χ4v) is 10.00. The smallest absolute Gasteiger partial charge is 0.0619 e. The molecule has 0 bridgehead atoms. The molecule has 1 spiro atoms. The molecule has 244 valence electrons. The van der Waals surface area contributed by atoms with Crippen LogP contribution in [0.25, 0.3) is 87.6 Å². The molecule has 0 heteroatoms. The summed E-state index contributed by atoms with van der Waals surface area (Å²) in [6, 6.07) is 72.9. The van der Waals surface area contributed by atoms with Gasteiger partial charge in [0, 0.05) is 0 Å². The number of benzene rings is 10. The molecule has 0 atom stereocenters. The van der Waals surface area contributed by atoms with Crippen molar-refractivity contribution in [1.82, 2.24) is 0 Å². The third-order valence-corrected chi connectivity index (χ3v) is 12.2. The van der Waals surface area contributed by atoms with E-state index < -0.39 is 5.41 Å². The Kier molecular flexibility index (Phi) is 5.80. The first-order valence-electron chi connectivity index (χ1n) is 18.6. The van der Waals surface area contributed by atoms with E-state index in [1.807, 2.05) is 0 Å². The van der Waals surface area contributed by atoms with Crippen LogP contribution >= 0.6 is 0 Å². The van der Waals surface area contributed by atoms with Crippen LogP contribution in [0.2, 0.25) is 0 Å². The number of hydrogen-bond acceptors (Lipinski definition) is 0. The van der Waals surface area contributed by atoms with Gasteiger partial charge in [0.2, 0.25) is 0 Å². The van der Waals surface area contributed by atoms with Crippen molar-refractivity contribution < 1.29 is 0 Å². The van der Waals surface area contributed by atoms with Gasteiger partial charge in [-0.05, 0) is 140 Å². The number of fused-ring (bicyclic) bond motifs is 16. The van der Waals surface area contributed by atoms with Gasteiger partial charge in [0.05, 0.1) is 5.41 Å². The second-order valence-corrected chi connectivity index (χ2v) is 14.8. The van der Waals surface area contributed by atoms with Gasteiger partial charge in [-0.2, -0.15) is 0 Å². The molecule has 53 heavy (non-hydrogen) atoms. The van der Waals surface area contributed by atoms with Gasteiger partial charge in [-0.25, -0.2) is 0 Å². The largest absolute Gasteiger partial charge is 0.0731 e. The normalized spacial score (nSPS) is 13.4. The van der Waals surface area contributed by atoms with E-state index in [0.717, 1.165) is 0 Å². The summed E-state index contributed by atoms with van der Waals surface area (Å²) >= 11 is 0. The average molecular weight is 669 g/mol. The molecule has 0 aliphatic heterocycles. The summed E-state index contributed by atoms with van der Waals surface area (Å²) in [4.78, 5) is 0. The van der Waals surface area contributed by atoms with Crippen LogP contribution < -0.4 is 0 Å². The second-order valence-electron chi connectivity index (χ2n) is 14.8. The van der Waals surface area contributed by atoms with Crippen LogP contribution in [0.4, 0.5) is 0 Å². The van der Waals surface area contributed by atoms with E-state index in [1.54, 1.807) is 0 Å². The lowest BCUT2D eigenvalue weighted by atomic mass is 9.69. The Morgan fingerprint density at radius 2 is 0.830 bits per heavy atom. The Morgan fingerprint density at radius 1 is 0.245 bits per heavy atom. The fourth-order valence-electron chi connectivity index (χ4n) is 10.00. The number of rotatable bonds is 2. The predicted octanol–water partition coefficient (Wildman–Crippen LogP) is 14.0. The molecule has 0 unspecified atom stereocenters. The standard InChI is InChI=1S/C53H32/c1-2-13-35-32-51-48(30-34(35)12-1)46-27-25-39-29-36(24-26-41(39)52(46)53(51)49-22-9-7-20-44(49)45-21-8-10-23-50(45)53)33-15-11-16-37(28-33)47-31-38-14-3-4-17-40(38)42-18-5-6-19-43(42)47/h1-32H. The molecule has 0 N–H and O–H groups in total. The van der Waals surface area contributed by atoms with E-state index in [-0.39, 0.29) is 0 Å². The minimum absolute atomic E-state index is 0.403. The summed E-state index contributed by atoms with van der Waals surface area (Å²) in [5.74, 6) is 0. The highest BCUT2D eigenvalue weighted by Gasteiger charge is 2.52.